The first-order chi connectivity index (χ1) is 8.96. The van der Waals surface area contributed by atoms with Crippen molar-refractivity contribution in [1.29, 1.82) is 0 Å². The zero-order valence-electron chi connectivity index (χ0n) is 12.6. The predicted octanol–water partition coefficient (Wildman–Crippen LogP) is 3.30. The molecular weight excluding hydrogens is 258 g/mol. The molecular formula is C15H23NO2S. The molecule has 0 saturated carbocycles. The summed E-state index contributed by atoms with van der Waals surface area (Å²) < 4.78 is 11.3. The topological polar surface area (TPSA) is 30.5 Å². The van der Waals surface area contributed by atoms with Crippen LogP contribution in [0.3, 0.4) is 0 Å². The summed E-state index contributed by atoms with van der Waals surface area (Å²) in [5, 5.41) is 3.45. The van der Waals surface area contributed by atoms with Gasteiger partial charge in [-0.3, -0.25) is 0 Å². The zero-order chi connectivity index (χ0) is 14.2. The molecule has 0 fully saturated rings. The van der Waals surface area contributed by atoms with Gasteiger partial charge >= 0.3 is 0 Å². The van der Waals surface area contributed by atoms with E-state index in [9.17, 15) is 0 Å². The van der Waals surface area contributed by atoms with Crippen molar-refractivity contribution in [1.82, 2.24) is 5.32 Å². The van der Waals surface area contributed by atoms with Crippen molar-refractivity contribution >= 4 is 11.8 Å². The Bertz CT molecular complexity index is 486. The Morgan fingerprint density at radius 2 is 2.00 bits per heavy atom. The van der Waals surface area contributed by atoms with Crippen LogP contribution < -0.4 is 14.8 Å². The second kappa shape index (κ2) is 5.25. The Morgan fingerprint density at radius 3 is 2.53 bits per heavy atom. The third-order valence-corrected chi connectivity index (χ3v) is 5.31. The number of fused-ring (bicyclic) bond motifs is 1. The Morgan fingerprint density at radius 1 is 1.32 bits per heavy atom. The number of nitrogens with one attached hydrogen (secondary N) is 1. The summed E-state index contributed by atoms with van der Waals surface area (Å²) in [5.74, 6) is 2.71. The van der Waals surface area contributed by atoms with Crippen molar-refractivity contribution in [3.63, 3.8) is 0 Å². The lowest BCUT2D eigenvalue weighted by molar-refractivity contribution is 0.341. The number of hydrogen-bond acceptors (Lipinski definition) is 4. The molecule has 0 spiro atoms. The number of benzene rings is 1. The monoisotopic (exact) mass is 281 g/mol. The first-order valence-electron chi connectivity index (χ1n) is 6.51. The number of rotatable bonds is 3. The molecule has 1 heterocycles. The van der Waals surface area contributed by atoms with E-state index in [2.05, 4.69) is 32.2 Å². The van der Waals surface area contributed by atoms with Crippen LogP contribution in [0.5, 0.6) is 11.5 Å². The van der Waals surface area contributed by atoms with Crippen molar-refractivity contribution in [3.05, 3.63) is 22.8 Å². The van der Waals surface area contributed by atoms with Gasteiger partial charge in [-0.1, -0.05) is 0 Å². The fourth-order valence-electron chi connectivity index (χ4n) is 2.87. The molecule has 106 valence electrons. The van der Waals surface area contributed by atoms with E-state index in [0.717, 1.165) is 17.3 Å². The molecule has 1 N–H and O–H groups in total. The molecule has 4 heteroatoms. The summed E-state index contributed by atoms with van der Waals surface area (Å²) >= 11 is 1.98. The molecule has 1 aromatic carbocycles. The Labute approximate surface area is 120 Å². The Kier molecular flexibility index (Phi) is 4.02. The summed E-state index contributed by atoms with van der Waals surface area (Å²) in [6.07, 6.45) is 0. The van der Waals surface area contributed by atoms with Gasteiger partial charge in [0, 0.05) is 16.1 Å². The van der Waals surface area contributed by atoms with Gasteiger partial charge in [0.25, 0.3) is 0 Å². The minimum absolute atomic E-state index is 0.133. The van der Waals surface area contributed by atoms with E-state index >= 15 is 0 Å². The highest BCUT2D eigenvalue weighted by atomic mass is 32.2. The van der Waals surface area contributed by atoms with Crippen molar-refractivity contribution in [2.75, 3.05) is 21.3 Å². The highest BCUT2D eigenvalue weighted by Crippen LogP contribution is 2.51. The van der Waals surface area contributed by atoms with Crippen LogP contribution in [0.15, 0.2) is 6.07 Å². The number of thioether (sulfide) groups is 1. The fraction of sp³-hybridized carbons (Fsp3) is 0.600. The maximum absolute atomic E-state index is 5.64. The van der Waals surface area contributed by atoms with Crippen molar-refractivity contribution in [2.24, 2.45) is 0 Å². The lowest BCUT2D eigenvalue weighted by atomic mass is 9.88. The third kappa shape index (κ3) is 2.32. The van der Waals surface area contributed by atoms with Crippen LogP contribution in [0.25, 0.3) is 0 Å². The van der Waals surface area contributed by atoms with Gasteiger partial charge in [0.15, 0.2) is 11.5 Å². The number of aryl methyl sites for hydroxylation is 1. The molecule has 0 saturated heterocycles. The van der Waals surface area contributed by atoms with Gasteiger partial charge in [-0.25, -0.2) is 0 Å². The van der Waals surface area contributed by atoms with Crippen LogP contribution in [0, 0.1) is 6.92 Å². The van der Waals surface area contributed by atoms with Crippen molar-refractivity contribution in [2.45, 2.75) is 37.3 Å². The normalized spacial score (nSPS) is 20.8. The van der Waals surface area contributed by atoms with Gasteiger partial charge in [-0.2, -0.15) is 0 Å². The van der Waals surface area contributed by atoms with Crippen LogP contribution in [0.4, 0.5) is 0 Å². The molecule has 3 nitrogen and oxygen atoms in total. The molecule has 19 heavy (non-hydrogen) atoms. The van der Waals surface area contributed by atoms with E-state index < -0.39 is 0 Å². The number of ether oxygens (including phenoxy) is 2. The second-order valence-corrected chi connectivity index (χ2v) is 7.06. The lowest BCUT2D eigenvalue weighted by Gasteiger charge is -2.40. The summed E-state index contributed by atoms with van der Waals surface area (Å²) in [6.45, 7) is 6.69. The van der Waals surface area contributed by atoms with Crippen LogP contribution in [0.1, 0.15) is 36.6 Å². The second-order valence-electron chi connectivity index (χ2n) is 5.44. The summed E-state index contributed by atoms with van der Waals surface area (Å²) in [4.78, 5) is 0. The van der Waals surface area contributed by atoms with Crippen molar-refractivity contribution in [3.8, 4) is 11.5 Å². The van der Waals surface area contributed by atoms with Crippen molar-refractivity contribution < 1.29 is 9.47 Å². The largest absolute Gasteiger partial charge is 0.493 e. The smallest absolute Gasteiger partial charge is 0.165 e. The predicted molar refractivity (Wildman–Crippen MR) is 81.5 cm³/mol. The SMILES string of the molecule is CNC1c2c(c(C)cc(OC)c2OC)CSC1(C)C. The summed E-state index contributed by atoms with van der Waals surface area (Å²) in [6, 6.07) is 2.33. The molecule has 2 rings (SSSR count). The average Bonchev–Trinajstić information content (AvgIpc) is 2.37. The van der Waals surface area contributed by atoms with Gasteiger partial charge in [0.2, 0.25) is 0 Å². The highest BCUT2D eigenvalue weighted by Gasteiger charge is 2.39. The van der Waals surface area contributed by atoms with Gasteiger partial charge in [-0.15, -0.1) is 11.8 Å². The van der Waals surface area contributed by atoms with E-state index in [-0.39, 0.29) is 10.8 Å². The van der Waals surface area contributed by atoms with Crippen LogP contribution >= 0.6 is 11.8 Å². The molecule has 0 aliphatic carbocycles. The standard InChI is InChI=1S/C15H23NO2S/c1-9-7-11(17-5)13(18-6)12-10(9)8-19-15(2,3)14(12)16-4/h7,14,16H,8H2,1-6H3. The van der Waals surface area contributed by atoms with E-state index in [1.54, 1.807) is 14.2 Å². The lowest BCUT2D eigenvalue weighted by Crippen LogP contribution is -2.38. The first-order valence-corrected chi connectivity index (χ1v) is 7.50. The minimum atomic E-state index is 0.133. The van der Waals surface area contributed by atoms with Crippen LogP contribution in [-0.4, -0.2) is 26.0 Å². The molecule has 0 bridgehead atoms. The van der Waals surface area contributed by atoms with E-state index in [0.29, 0.717) is 0 Å². The molecule has 0 radical (unpaired) electrons. The first kappa shape index (κ1) is 14.5. The van der Waals surface area contributed by atoms with E-state index in [1.165, 1.54) is 16.7 Å². The molecule has 1 aliphatic rings. The maximum Gasteiger partial charge on any atom is 0.165 e. The number of methoxy groups -OCH3 is 2. The molecule has 0 amide bonds. The molecule has 1 unspecified atom stereocenters. The Balaban J connectivity index is 2.71. The summed E-state index contributed by atoms with van der Waals surface area (Å²) in [7, 11) is 5.42. The Hall–Kier alpha value is -0.870. The van der Waals surface area contributed by atoms with Gasteiger partial charge in [-0.05, 0) is 45.0 Å². The van der Waals surface area contributed by atoms with Gasteiger partial charge < -0.3 is 14.8 Å². The quantitative estimate of drug-likeness (QED) is 0.921. The maximum atomic E-state index is 5.64. The van der Waals surface area contributed by atoms with Gasteiger partial charge in [0.1, 0.15) is 0 Å². The molecule has 1 aromatic rings. The number of hydrogen-bond donors (Lipinski definition) is 1. The minimum Gasteiger partial charge on any atom is -0.493 e. The van der Waals surface area contributed by atoms with Crippen LogP contribution in [-0.2, 0) is 5.75 Å². The molecule has 1 atom stereocenters. The fourth-order valence-corrected chi connectivity index (χ4v) is 4.17. The highest BCUT2D eigenvalue weighted by molar-refractivity contribution is 8.00. The van der Waals surface area contributed by atoms with E-state index in [4.69, 9.17) is 9.47 Å². The molecule has 1 aliphatic heterocycles. The summed E-state index contributed by atoms with van der Waals surface area (Å²) in [5.41, 5.74) is 3.91. The molecule has 0 aromatic heterocycles. The van der Waals surface area contributed by atoms with E-state index in [1.807, 2.05) is 18.8 Å². The third-order valence-electron chi connectivity index (χ3n) is 3.90. The van der Waals surface area contributed by atoms with Crippen LogP contribution in [0.2, 0.25) is 0 Å². The zero-order valence-corrected chi connectivity index (χ0v) is 13.4. The average molecular weight is 281 g/mol. The van der Waals surface area contributed by atoms with Gasteiger partial charge in [0.05, 0.1) is 20.3 Å².